The van der Waals surface area contributed by atoms with E-state index in [1.165, 1.54) is 70.6 Å². The first-order chi connectivity index (χ1) is 8.93. The van der Waals surface area contributed by atoms with Gasteiger partial charge in [0.25, 0.3) is 0 Å². The zero-order chi connectivity index (χ0) is 12.9. The Labute approximate surface area is 114 Å². The summed E-state index contributed by atoms with van der Waals surface area (Å²) in [6.45, 7) is 5.29. The van der Waals surface area contributed by atoms with Gasteiger partial charge in [0.15, 0.2) is 0 Å². The summed E-state index contributed by atoms with van der Waals surface area (Å²) in [4.78, 5) is 0. The molecule has 18 heavy (non-hydrogen) atoms. The number of unbranched alkanes of at least 4 members (excludes halogenated alkanes) is 9. The zero-order valence-corrected chi connectivity index (χ0v) is 12.4. The van der Waals surface area contributed by atoms with Crippen LogP contribution in [-0.4, -0.2) is 25.8 Å². The van der Waals surface area contributed by atoms with Gasteiger partial charge in [0.2, 0.25) is 0 Å². The standard InChI is InChI=1S/C16H33NO/c1-2-3-4-5-6-7-8-9-10-11-12-16-15-17-13-14-18-16/h16-17H,2-15H2,1H3/t16-/m1/s1. The molecule has 0 spiro atoms. The third kappa shape index (κ3) is 8.93. The van der Waals surface area contributed by atoms with Crippen LogP contribution >= 0.6 is 0 Å². The average molecular weight is 255 g/mol. The van der Waals surface area contributed by atoms with Crippen LogP contribution in [0.5, 0.6) is 0 Å². The maximum Gasteiger partial charge on any atom is 0.0700 e. The maximum absolute atomic E-state index is 5.70. The fourth-order valence-corrected chi connectivity index (χ4v) is 2.66. The van der Waals surface area contributed by atoms with Crippen molar-refractivity contribution in [2.75, 3.05) is 19.7 Å². The first kappa shape index (κ1) is 16.0. The quantitative estimate of drug-likeness (QED) is 0.556. The van der Waals surface area contributed by atoms with Crippen molar-refractivity contribution in [1.29, 1.82) is 0 Å². The summed E-state index contributed by atoms with van der Waals surface area (Å²) in [7, 11) is 0. The number of ether oxygens (including phenoxy) is 1. The van der Waals surface area contributed by atoms with E-state index < -0.39 is 0 Å². The van der Waals surface area contributed by atoms with Crippen molar-refractivity contribution in [2.24, 2.45) is 0 Å². The van der Waals surface area contributed by atoms with Crippen LogP contribution in [0.25, 0.3) is 0 Å². The second-order valence-corrected chi connectivity index (χ2v) is 5.67. The van der Waals surface area contributed by atoms with Crippen molar-refractivity contribution in [3.63, 3.8) is 0 Å². The van der Waals surface area contributed by atoms with Gasteiger partial charge in [0, 0.05) is 13.1 Å². The smallest absolute Gasteiger partial charge is 0.0700 e. The Morgan fingerprint density at radius 3 is 2.06 bits per heavy atom. The molecule has 0 saturated carbocycles. The molecular weight excluding hydrogens is 222 g/mol. The maximum atomic E-state index is 5.70. The lowest BCUT2D eigenvalue weighted by atomic mass is 10.0. The van der Waals surface area contributed by atoms with Gasteiger partial charge >= 0.3 is 0 Å². The SMILES string of the molecule is CCCCCCCCCCCC[C@@H]1CNCCO1. The molecule has 2 heteroatoms. The highest BCUT2D eigenvalue weighted by Crippen LogP contribution is 2.13. The van der Waals surface area contributed by atoms with Gasteiger partial charge < -0.3 is 10.1 Å². The molecule has 1 fully saturated rings. The Morgan fingerprint density at radius 1 is 0.889 bits per heavy atom. The normalized spacial score (nSPS) is 20.2. The molecule has 1 aliphatic heterocycles. The topological polar surface area (TPSA) is 21.3 Å². The molecule has 0 aromatic heterocycles. The van der Waals surface area contributed by atoms with Crippen LogP contribution in [0.15, 0.2) is 0 Å². The van der Waals surface area contributed by atoms with Gasteiger partial charge in [-0.1, -0.05) is 71.1 Å². The number of hydrogen-bond donors (Lipinski definition) is 1. The van der Waals surface area contributed by atoms with Crippen LogP contribution in [0.4, 0.5) is 0 Å². The molecular formula is C16H33NO. The zero-order valence-electron chi connectivity index (χ0n) is 12.4. The molecule has 1 atom stereocenters. The predicted octanol–water partition coefficient (Wildman–Crippen LogP) is 4.29. The molecule has 0 unspecified atom stereocenters. The Bertz CT molecular complexity index is 166. The largest absolute Gasteiger partial charge is 0.376 e. The summed E-state index contributed by atoms with van der Waals surface area (Å²) < 4.78 is 5.70. The molecule has 1 N–H and O–H groups in total. The number of morpholine rings is 1. The molecule has 0 bridgehead atoms. The lowest BCUT2D eigenvalue weighted by molar-refractivity contribution is 0.0220. The van der Waals surface area contributed by atoms with E-state index in [9.17, 15) is 0 Å². The minimum absolute atomic E-state index is 0.493. The van der Waals surface area contributed by atoms with Gasteiger partial charge in [0.1, 0.15) is 0 Å². The second-order valence-electron chi connectivity index (χ2n) is 5.67. The van der Waals surface area contributed by atoms with Crippen LogP contribution in [0.1, 0.15) is 77.6 Å². The van der Waals surface area contributed by atoms with Crippen LogP contribution in [0.2, 0.25) is 0 Å². The van der Waals surface area contributed by atoms with E-state index in [0.717, 1.165) is 19.7 Å². The average Bonchev–Trinajstić information content (AvgIpc) is 2.42. The van der Waals surface area contributed by atoms with E-state index in [0.29, 0.717) is 6.10 Å². The molecule has 0 aliphatic carbocycles. The Kier molecular flexibility index (Phi) is 10.6. The van der Waals surface area contributed by atoms with Gasteiger partial charge in [-0.15, -0.1) is 0 Å². The molecule has 2 nitrogen and oxygen atoms in total. The highest BCUT2D eigenvalue weighted by atomic mass is 16.5. The second kappa shape index (κ2) is 12.0. The van der Waals surface area contributed by atoms with Crippen molar-refractivity contribution >= 4 is 0 Å². The molecule has 1 aliphatic rings. The predicted molar refractivity (Wildman–Crippen MR) is 79.1 cm³/mol. The summed E-state index contributed by atoms with van der Waals surface area (Å²) in [6, 6.07) is 0. The van der Waals surface area contributed by atoms with Crippen molar-refractivity contribution in [1.82, 2.24) is 5.32 Å². The molecule has 1 rings (SSSR count). The summed E-state index contributed by atoms with van der Waals surface area (Å²) >= 11 is 0. The summed E-state index contributed by atoms with van der Waals surface area (Å²) in [5.74, 6) is 0. The van der Waals surface area contributed by atoms with Crippen LogP contribution in [0.3, 0.4) is 0 Å². The molecule has 1 heterocycles. The van der Waals surface area contributed by atoms with Crippen molar-refractivity contribution in [3.05, 3.63) is 0 Å². The number of nitrogens with one attached hydrogen (secondary N) is 1. The Hall–Kier alpha value is -0.0800. The lowest BCUT2D eigenvalue weighted by Crippen LogP contribution is -2.38. The first-order valence-corrected chi connectivity index (χ1v) is 8.26. The summed E-state index contributed by atoms with van der Waals surface area (Å²) in [5.41, 5.74) is 0. The third-order valence-corrected chi connectivity index (χ3v) is 3.88. The highest BCUT2D eigenvalue weighted by molar-refractivity contribution is 4.66. The molecule has 0 amide bonds. The van der Waals surface area contributed by atoms with E-state index >= 15 is 0 Å². The molecule has 0 radical (unpaired) electrons. The molecule has 108 valence electrons. The highest BCUT2D eigenvalue weighted by Gasteiger charge is 2.11. The number of hydrogen-bond acceptors (Lipinski definition) is 2. The van der Waals surface area contributed by atoms with Crippen molar-refractivity contribution in [2.45, 2.75) is 83.7 Å². The minimum Gasteiger partial charge on any atom is -0.376 e. The summed E-state index contributed by atoms with van der Waals surface area (Å²) in [6.07, 6.45) is 15.9. The third-order valence-electron chi connectivity index (χ3n) is 3.88. The van der Waals surface area contributed by atoms with E-state index in [-0.39, 0.29) is 0 Å². The van der Waals surface area contributed by atoms with Crippen molar-refractivity contribution in [3.8, 4) is 0 Å². The van der Waals surface area contributed by atoms with Gasteiger partial charge in [0.05, 0.1) is 12.7 Å². The van der Waals surface area contributed by atoms with Crippen molar-refractivity contribution < 1.29 is 4.74 Å². The van der Waals surface area contributed by atoms with Gasteiger partial charge in [-0.2, -0.15) is 0 Å². The molecule has 1 saturated heterocycles. The fraction of sp³-hybridized carbons (Fsp3) is 1.00. The Balaban J connectivity index is 1.73. The van der Waals surface area contributed by atoms with E-state index in [1.54, 1.807) is 0 Å². The van der Waals surface area contributed by atoms with E-state index in [1.807, 2.05) is 0 Å². The van der Waals surface area contributed by atoms with Crippen LogP contribution in [-0.2, 0) is 4.74 Å². The van der Waals surface area contributed by atoms with E-state index in [4.69, 9.17) is 4.74 Å². The van der Waals surface area contributed by atoms with Crippen LogP contribution in [0, 0.1) is 0 Å². The number of rotatable bonds is 11. The minimum atomic E-state index is 0.493. The molecule has 0 aromatic rings. The monoisotopic (exact) mass is 255 g/mol. The first-order valence-electron chi connectivity index (χ1n) is 8.26. The molecule has 0 aromatic carbocycles. The van der Waals surface area contributed by atoms with Crippen LogP contribution < -0.4 is 5.32 Å². The summed E-state index contributed by atoms with van der Waals surface area (Å²) in [5, 5.41) is 3.40. The Morgan fingerprint density at radius 2 is 1.50 bits per heavy atom. The lowest BCUT2D eigenvalue weighted by Gasteiger charge is -2.23. The van der Waals surface area contributed by atoms with Gasteiger partial charge in [-0.3, -0.25) is 0 Å². The van der Waals surface area contributed by atoms with Gasteiger partial charge in [-0.25, -0.2) is 0 Å². The van der Waals surface area contributed by atoms with Gasteiger partial charge in [-0.05, 0) is 6.42 Å². The van der Waals surface area contributed by atoms with E-state index in [2.05, 4.69) is 12.2 Å². The fourth-order valence-electron chi connectivity index (χ4n) is 2.66.